The second-order valence-electron chi connectivity index (χ2n) is 7.25. The molecule has 0 amide bonds. The summed E-state index contributed by atoms with van der Waals surface area (Å²) in [5, 5.41) is 14.0. The van der Waals surface area contributed by atoms with Gasteiger partial charge in [0.15, 0.2) is 5.82 Å². The zero-order valence-corrected chi connectivity index (χ0v) is 15.9. The van der Waals surface area contributed by atoms with Crippen molar-refractivity contribution in [1.29, 1.82) is 0 Å². The van der Waals surface area contributed by atoms with Gasteiger partial charge in [0.05, 0.1) is 0 Å². The standard InChI is InChI=1S/C21H26N6/c1-3-4-5-15-6-10-17(11-7-15)23-21-22-14(2)12-19(25-21)24-20-13-18(26-27-20)16-8-9-16/h6-7,10-13,16H,3-5,8-9H2,1-2H3,(H3,22,23,24,25,26,27). The summed E-state index contributed by atoms with van der Waals surface area (Å²) >= 11 is 0. The van der Waals surface area contributed by atoms with E-state index in [-0.39, 0.29) is 0 Å². The topological polar surface area (TPSA) is 78.5 Å². The number of aromatic nitrogens is 4. The number of nitrogens with one attached hydrogen (secondary N) is 3. The van der Waals surface area contributed by atoms with Crippen LogP contribution in [0.3, 0.4) is 0 Å². The number of anilines is 4. The average molecular weight is 362 g/mol. The maximum absolute atomic E-state index is 4.58. The first-order valence-corrected chi connectivity index (χ1v) is 9.73. The molecule has 0 saturated heterocycles. The highest BCUT2D eigenvalue weighted by Gasteiger charge is 2.25. The van der Waals surface area contributed by atoms with E-state index in [0.717, 1.165) is 29.4 Å². The Kier molecular flexibility index (Phi) is 5.05. The van der Waals surface area contributed by atoms with E-state index in [4.69, 9.17) is 0 Å². The summed E-state index contributed by atoms with van der Waals surface area (Å²) in [6, 6.07) is 12.5. The Morgan fingerprint density at radius 2 is 1.85 bits per heavy atom. The molecule has 0 unspecified atom stereocenters. The molecule has 140 valence electrons. The summed E-state index contributed by atoms with van der Waals surface area (Å²) in [7, 11) is 0. The number of rotatable bonds is 8. The first-order valence-electron chi connectivity index (χ1n) is 9.73. The Balaban J connectivity index is 1.44. The molecular formula is C21H26N6. The van der Waals surface area contributed by atoms with Gasteiger partial charge in [-0.05, 0) is 50.3 Å². The Morgan fingerprint density at radius 1 is 1.04 bits per heavy atom. The summed E-state index contributed by atoms with van der Waals surface area (Å²) in [6.07, 6.45) is 6.06. The monoisotopic (exact) mass is 362 g/mol. The second kappa shape index (κ2) is 7.78. The number of benzene rings is 1. The SMILES string of the molecule is CCCCc1ccc(Nc2nc(C)cc(Nc3cc(C4CC4)[nH]n3)n2)cc1. The van der Waals surface area contributed by atoms with Gasteiger partial charge in [0, 0.05) is 35.1 Å². The number of nitrogens with zero attached hydrogens (tertiary/aromatic N) is 3. The number of aromatic amines is 1. The fourth-order valence-corrected chi connectivity index (χ4v) is 3.09. The predicted molar refractivity (Wildman–Crippen MR) is 109 cm³/mol. The molecule has 3 N–H and O–H groups in total. The van der Waals surface area contributed by atoms with Gasteiger partial charge in [-0.3, -0.25) is 5.10 Å². The first-order chi connectivity index (χ1) is 13.2. The zero-order valence-electron chi connectivity index (χ0n) is 15.9. The Labute approximate surface area is 159 Å². The van der Waals surface area contributed by atoms with Gasteiger partial charge < -0.3 is 10.6 Å². The fourth-order valence-electron chi connectivity index (χ4n) is 3.09. The van der Waals surface area contributed by atoms with Crippen LogP contribution in [0, 0.1) is 6.92 Å². The average Bonchev–Trinajstić information content (AvgIpc) is 3.40. The molecule has 6 heteroatoms. The molecule has 1 fully saturated rings. The highest BCUT2D eigenvalue weighted by Crippen LogP contribution is 2.39. The number of unbranched alkanes of at least 4 members (excludes halogenated alkanes) is 1. The minimum atomic E-state index is 0.580. The molecule has 1 aliphatic carbocycles. The van der Waals surface area contributed by atoms with E-state index < -0.39 is 0 Å². The van der Waals surface area contributed by atoms with Gasteiger partial charge in [-0.1, -0.05) is 25.5 Å². The molecule has 27 heavy (non-hydrogen) atoms. The Morgan fingerprint density at radius 3 is 2.59 bits per heavy atom. The lowest BCUT2D eigenvalue weighted by Crippen LogP contribution is -2.02. The van der Waals surface area contributed by atoms with Crippen molar-refractivity contribution in [3.63, 3.8) is 0 Å². The van der Waals surface area contributed by atoms with Gasteiger partial charge in [-0.25, -0.2) is 4.98 Å². The molecule has 4 rings (SSSR count). The maximum Gasteiger partial charge on any atom is 0.229 e. The van der Waals surface area contributed by atoms with Gasteiger partial charge in [0.2, 0.25) is 5.95 Å². The van der Waals surface area contributed by atoms with E-state index in [0.29, 0.717) is 11.9 Å². The quantitative estimate of drug-likeness (QED) is 0.512. The lowest BCUT2D eigenvalue weighted by molar-refractivity contribution is 0.795. The van der Waals surface area contributed by atoms with Gasteiger partial charge >= 0.3 is 0 Å². The van der Waals surface area contributed by atoms with Crippen LogP contribution < -0.4 is 10.6 Å². The number of hydrogen-bond acceptors (Lipinski definition) is 5. The third-order valence-corrected chi connectivity index (χ3v) is 4.75. The molecule has 2 aromatic heterocycles. The Hall–Kier alpha value is -2.89. The van der Waals surface area contributed by atoms with Crippen LogP contribution in [-0.4, -0.2) is 20.2 Å². The summed E-state index contributed by atoms with van der Waals surface area (Å²) < 4.78 is 0. The largest absolute Gasteiger partial charge is 0.324 e. The Bertz CT molecular complexity index is 895. The molecule has 0 radical (unpaired) electrons. The molecule has 1 aromatic carbocycles. The third-order valence-electron chi connectivity index (χ3n) is 4.75. The van der Waals surface area contributed by atoms with Crippen molar-refractivity contribution in [3.8, 4) is 0 Å². The van der Waals surface area contributed by atoms with Crippen LogP contribution in [0.2, 0.25) is 0 Å². The molecule has 3 aromatic rings. The van der Waals surface area contributed by atoms with Crippen LogP contribution in [0.4, 0.5) is 23.3 Å². The molecule has 6 nitrogen and oxygen atoms in total. The van der Waals surface area contributed by atoms with Crippen molar-refractivity contribution in [3.05, 3.63) is 53.3 Å². The summed E-state index contributed by atoms with van der Waals surface area (Å²) in [5.41, 5.74) is 4.44. The van der Waals surface area contributed by atoms with E-state index in [1.807, 2.05) is 13.0 Å². The van der Waals surface area contributed by atoms with Crippen LogP contribution >= 0.6 is 0 Å². The molecule has 0 bridgehead atoms. The van der Waals surface area contributed by atoms with Crippen molar-refractivity contribution in [2.24, 2.45) is 0 Å². The van der Waals surface area contributed by atoms with Crippen molar-refractivity contribution < 1.29 is 0 Å². The van der Waals surface area contributed by atoms with E-state index in [2.05, 4.69) is 68.1 Å². The van der Waals surface area contributed by atoms with Crippen molar-refractivity contribution in [2.45, 2.75) is 51.9 Å². The lowest BCUT2D eigenvalue weighted by atomic mass is 10.1. The van der Waals surface area contributed by atoms with Gasteiger partial charge in [-0.15, -0.1) is 0 Å². The smallest absolute Gasteiger partial charge is 0.229 e. The van der Waals surface area contributed by atoms with Gasteiger partial charge in [0.25, 0.3) is 0 Å². The summed E-state index contributed by atoms with van der Waals surface area (Å²) in [4.78, 5) is 9.07. The fraction of sp³-hybridized carbons (Fsp3) is 0.381. The van der Waals surface area contributed by atoms with E-state index >= 15 is 0 Å². The van der Waals surface area contributed by atoms with Crippen LogP contribution in [0.25, 0.3) is 0 Å². The van der Waals surface area contributed by atoms with Gasteiger partial charge in [0.1, 0.15) is 5.82 Å². The molecule has 1 saturated carbocycles. The van der Waals surface area contributed by atoms with Crippen LogP contribution in [-0.2, 0) is 6.42 Å². The highest BCUT2D eigenvalue weighted by molar-refractivity contribution is 5.58. The van der Waals surface area contributed by atoms with Crippen LogP contribution in [0.5, 0.6) is 0 Å². The molecule has 2 heterocycles. The zero-order chi connectivity index (χ0) is 18.6. The van der Waals surface area contributed by atoms with Crippen molar-refractivity contribution in [1.82, 2.24) is 20.2 Å². The van der Waals surface area contributed by atoms with Crippen molar-refractivity contribution >= 4 is 23.3 Å². The minimum Gasteiger partial charge on any atom is -0.324 e. The summed E-state index contributed by atoms with van der Waals surface area (Å²) in [5.74, 6) is 2.76. The van der Waals surface area contributed by atoms with E-state index in [1.54, 1.807) is 0 Å². The number of aryl methyl sites for hydroxylation is 2. The third kappa shape index (κ3) is 4.64. The molecule has 0 atom stereocenters. The number of H-pyrrole nitrogens is 1. The van der Waals surface area contributed by atoms with Gasteiger partial charge in [-0.2, -0.15) is 10.1 Å². The molecule has 1 aliphatic rings. The van der Waals surface area contributed by atoms with Crippen LogP contribution in [0.15, 0.2) is 36.4 Å². The molecule has 0 spiro atoms. The highest BCUT2D eigenvalue weighted by atomic mass is 15.2. The molecular weight excluding hydrogens is 336 g/mol. The van der Waals surface area contributed by atoms with Crippen molar-refractivity contribution in [2.75, 3.05) is 10.6 Å². The van der Waals surface area contributed by atoms with E-state index in [9.17, 15) is 0 Å². The minimum absolute atomic E-state index is 0.580. The van der Waals surface area contributed by atoms with E-state index in [1.165, 1.54) is 36.9 Å². The second-order valence-corrected chi connectivity index (χ2v) is 7.25. The summed E-state index contributed by atoms with van der Waals surface area (Å²) in [6.45, 7) is 4.18. The first kappa shape index (κ1) is 17.5. The van der Waals surface area contributed by atoms with Crippen LogP contribution in [0.1, 0.15) is 55.5 Å². The lowest BCUT2D eigenvalue weighted by Gasteiger charge is -2.09. The normalized spacial score (nSPS) is 13.6. The molecule has 0 aliphatic heterocycles. The maximum atomic E-state index is 4.58. The predicted octanol–water partition coefficient (Wildman–Crippen LogP) is 5.22. The number of hydrogen-bond donors (Lipinski definition) is 3.